The van der Waals surface area contributed by atoms with Gasteiger partial charge in [0.1, 0.15) is 0 Å². The standard InChI is InChI=1S/C9H14N2O4S2/c1-5(8(12)13)4-10-17(14,15)9-6(2)11-7(3)16-9/h5,10H,4H2,1-3H3,(H,12,13). The molecule has 6 nitrogen and oxygen atoms in total. The number of hydrogen-bond acceptors (Lipinski definition) is 5. The Kier molecular flexibility index (Phi) is 4.23. The third-order valence-electron chi connectivity index (χ3n) is 2.11. The summed E-state index contributed by atoms with van der Waals surface area (Å²) < 4.78 is 26.1. The number of rotatable bonds is 5. The highest BCUT2D eigenvalue weighted by Crippen LogP contribution is 2.22. The molecule has 8 heteroatoms. The maximum absolute atomic E-state index is 11.9. The Morgan fingerprint density at radius 2 is 2.12 bits per heavy atom. The van der Waals surface area contributed by atoms with E-state index in [2.05, 4.69) is 9.71 Å². The fraction of sp³-hybridized carbons (Fsp3) is 0.556. The number of nitrogens with one attached hydrogen (secondary N) is 1. The van der Waals surface area contributed by atoms with Gasteiger partial charge in [-0.05, 0) is 13.8 Å². The second-order valence-electron chi connectivity index (χ2n) is 3.70. The van der Waals surface area contributed by atoms with Gasteiger partial charge in [-0.1, -0.05) is 6.92 Å². The van der Waals surface area contributed by atoms with Crippen LogP contribution in [0.4, 0.5) is 0 Å². The summed E-state index contributed by atoms with van der Waals surface area (Å²) >= 11 is 1.07. The summed E-state index contributed by atoms with van der Waals surface area (Å²) in [7, 11) is -3.66. The zero-order valence-electron chi connectivity index (χ0n) is 9.72. The van der Waals surface area contributed by atoms with Crippen molar-refractivity contribution in [3.05, 3.63) is 10.7 Å². The van der Waals surface area contributed by atoms with Crippen LogP contribution in [0.3, 0.4) is 0 Å². The highest BCUT2D eigenvalue weighted by Gasteiger charge is 2.22. The minimum absolute atomic E-state index is 0.131. The smallest absolute Gasteiger partial charge is 0.307 e. The first-order valence-corrected chi connectivity index (χ1v) is 7.20. The Morgan fingerprint density at radius 1 is 1.53 bits per heavy atom. The van der Waals surface area contributed by atoms with Crippen molar-refractivity contribution in [1.82, 2.24) is 9.71 Å². The van der Waals surface area contributed by atoms with Crippen LogP contribution in [0.5, 0.6) is 0 Å². The van der Waals surface area contributed by atoms with Crippen molar-refractivity contribution < 1.29 is 18.3 Å². The third-order valence-corrected chi connectivity index (χ3v) is 5.21. The third kappa shape index (κ3) is 3.48. The van der Waals surface area contributed by atoms with Gasteiger partial charge in [0.2, 0.25) is 0 Å². The van der Waals surface area contributed by atoms with Crippen LogP contribution in [0.25, 0.3) is 0 Å². The molecule has 0 amide bonds. The number of aryl methyl sites for hydroxylation is 2. The number of hydrogen-bond donors (Lipinski definition) is 2. The predicted molar refractivity (Wildman–Crippen MR) is 63.6 cm³/mol. The van der Waals surface area contributed by atoms with Crippen LogP contribution in [0.15, 0.2) is 4.21 Å². The van der Waals surface area contributed by atoms with Crippen LogP contribution in [0.2, 0.25) is 0 Å². The van der Waals surface area contributed by atoms with Crippen LogP contribution in [-0.4, -0.2) is 31.0 Å². The number of aliphatic carboxylic acids is 1. The zero-order chi connectivity index (χ0) is 13.2. The van der Waals surface area contributed by atoms with Crippen LogP contribution in [0.1, 0.15) is 17.6 Å². The Balaban J connectivity index is 2.83. The molecule has 1 heterocycles. The lowest BCUT2D eigenvalue weighted by Gasteiger charge is -2.08. The first-order chi connectivity index (χ1) is 7.74. The van der Waals surface area contributed by atoms with Gasteiger partial charge >= 0.3 is 5.97 Å². The molecule has 0 aliphatic heterocycles. The number of aromatic nitrogens is 1. The first-order valence-electron chi connectivity index (χ1n) is 4.90. The molecule has 1 aromatic rings. The zero-order valence-corrected chi connectivity index (χ0v) is 11.4. The van der Waals surface area contributed by atoms with Gasteiger partial charge in [0.15, 0.2) is 4.21 Å². The molecule has 0 aliphatic rings. The average molecular weight is 278 g/mol. The molecule has 1 atom stereocenters. The molecule has 0 bridgehead atoms. The number of nitrogens with zero attached hydrogens (tertiary/aromatic N) is 1. The summed E-state index contributed by atoms with van der Waals surface area (Å²) in [6.45, 7) is 4.64. The van der Waals surface area contributed by atoms with E-state index < -0.39 is 21.9 Å². The van der Waals surface area contributed by atoms with Crippen molar-refractivity contribution >= 4 is 27.3 Å². The van der Waals surface area contributed by atoms with Crippen LogP contribution in [0, 0.1) is 19.8 Å². The molecule has 1 rings (SSSR count). The minimum Gasteiger partial charge on any atom is -0.481 e. The van der Waals surface area contributed by atoms with Gasteiger partial charge < -0.3 is 5.11 Å². The van der Waals surface area contributed by atoms with E-state index >= 15 is 0 Å². The van der Waals surface area contributed by atoms with Gasteiger partial charge in [0.25, 0.3) is 10.0 Å². The fourth-order valence-corrected chi connectivity index (χ4v) is 3.81. The molecule has 0 saturated heterocycles. The average Bonchev–Trinajstić information content (AvgIpc) is 2.55. The molecular weight excluding hydrogens is 264 g/mol. The fourth-order valence-electron chi connectivity index (χ4n) is 1.15. The number of thiazole rings is 1. The molecule has 2 N–H and O–H groups in total. The number of carboxylic acids is 1. The quantitative estimate of drug-likeness (QED) is 0.829. The summed E-state index contributed by atoms with van der Waals surface area (Å²) in [4.78, 5) is 14.6. The lowest BCUT2D eigenvalue weighted by atomic mass is 10.2. The monoisotopic (exact) mass is 278 g/mol. The van der Waals surface area contributed by atoms with Crippen LogP contribution < -0.4 is 4.72 Å². The molecule has 0 fully saturated rings. The highest BCUT2D eigenvalue weighted by atomic mass is 32.2. The number of carboxylic acid groups (broad SMARTS) is 1. The minimum atomic E-state index is -3.66. The van der Waals surface area contributed by atoms with Crippen molar-refractivity contribution in [3.63, 3.8) is 0 Å². The van der Waals surface area contributed by atoms with E-state index in [4.69, 9.17) is 5.11 Å². The molecule has 0 spiro atoms. The molecule has 96 valence electrons. The van der Waals surface area contributed by atoms with E-state index in [1.165, 1.54) is 6.92 Å². The van der Waals surface area contributed by atoms with Gasteiger partial charge in [-0.15, -0.1) is 11.3 Å². The van der Waals surface area contributed by atoms with Gasteiger partial charge in [-0.3, -0.25) is 4.79 Å². The van der Waals surface area contributed by atoms with E-state index in [1.807, 2.05) is 0 Å². The molecular formula is C9H14N2O4S2. The summed E-state index contributed by atoms with van der Waals surface area (Å²) in [6, 6.07) is 0. The van der Waals surface area contributed by atoms with Crippen LogP contribution in [-0.2, 0) is 14.8 Å². The summed E-state index contributed by atoms with van der Waals surface area (Å²) in [5.74, 6) is -1.80. The summed E-state index contributed by atoms with van der Waals surface area (Å²) in [5.41, 5.74) is 0.433. The van der Waals surface area contributed by atoms with Crippen molar-refractivity contribution in [2.24, 2.45) is 5.92 Å². The van der Waals surface area contributed by atoms with Gasteiger partial charge in [-0.2, -0.15) is 0 Å². The number of sulfonamides is 1. The molecule has 0 radical (unpaired) electrons. The van der Waals surface area contributed by atoms with E-state index in [-0.39, 0.29) is 10.8 Å². The number of carbonyl (C=O) groups is 1. The molecule has 0 aromatic carbocycles. The van der Waals surface area contributed by atoms with Gasteiger partial charge in [0.05, 0.1) is 16.6 Å². The van der Waals surface area contributed by atoms with E-state index in [0.717, 1.165) is 11.3 Å². The lowest BCUT2D eigenvalue weighted by molar-refractivity contribution is -0.140. The Labute approximate surface area is 104 Å². The van der Waals surface area contributed by atoms with Gasteiger partial charge in [0, 0.05) is 6.54 Å². The van der Waals surface area contributed by atoms with E-state index in [9.17, 15) is 13.2 Å². The Hall–Kier alpha value is -0.990. The second kappa shape index (κ2) is 5.11. The lowest BCUT2D eigenvalue weighted by Crippen LogP contribution is -2.31. The van der Waals surface area contributed by atoms with Gasteiger partial charge in [-0.25, -0.2) is 18.1 Å². The molecule has 17 heavy (non-hydrogen) atoms. The molecule has 0 aliphatic carbocycles. The summed E-state index contributed by atoms with van der Waals surface area (Å²) in [5, 5.41) is 9.32. The Morgan fingerprint density at radius 3 is 2.53 bits per heavy atom. The van der Waals surface area contributed by atoms with Crippen molar-refractivity contribution in [2.75, 3.05) is 6.54 Å². The largest absolute Gasteiger partial charge is 0.481 e. The molecule has 1 unspecified atom stereocenters. The topological polar surface area (TPSA) is 96.4 Å². The first kappa shape index (κ1) is 14.1. The van der Waals surface area contributed by atoms with E-state index in [0.29, 0.717) is 10.7 Å². The molecule has 1 aromatic heterocycles. The maximum Gasteiger partial charge on any atom is 0.307 e. The predicted octanol–water partition coefficient (Wildman–Crippen LogP) is 0.759. The van der Waals surface area contributed by atoms with Crippen molar-refractivity contribution in [3.8, 4) is 0 Å². The maximum atomic E-state index is 11.9. The second-order valence-corrected chi connectivity index (χ2v) is 6.86. The SMILES string of the molecule is Cc1nc(C)c(S(=O)(=O)NCC(C)C(=O)O)s1. The van der Waals surface area contributed by atoms with Crippen molar-refractivity contribution in [2.45, 2.75) is 25.0 Å². The van der Waals surface area contributed by atoms with Crippen molar-refractivity contribution in [1.29, 1.82) is 0 Å². The van der Waals surface area contributed by atoms with E-state index in [1.54, 1.807) is 13.8 Å². The highest BCUT2D eigenvalue weighted by molar-refractivity contribution is 7.91. The Bertz CT molecular complexity index is 521. The summed E-state index contributed by atoms with van der Waals surface area (Å²) in [6.07, 6.45) is 0. The molecule has 0 saturated carbocycles. The van der Waals surface area contributed by atoms with Crippen LogP contribution >= 0.6 is 11.3 Å². The normalized spacial score (nSPS) is 13.6.